The van der Waals surface area contributed by atoms with E-state index >= 15 is 0 Å². The molecule has 0 amide bonds. The van der Waals surface area contributed by atoms with Gasteiger partial charge in [0.1, 0.15) is 4.21 Å². The SMILES string of the molecule is CCCCCCCCCCCCS(=O)(=O)c1ccsc1S(=O)(=O)CCCCCCCCCCCC. The van der Waals surface area contributed by atoms with E-state index in [-0.39, 0.29) is 20.6 Å². The summed E-state index contributed by atoms with van der Waals surface area (Å²) >= 11 is 1.06. The number of rotatable bonds is 24. The zero-order valence-electron chi connectivity index (χ0n) is 22.6. The standard InChI is InChI=1S/C28H52O4S3/c1-3-5-7-9-11-13-15-17-19-21-25-34(29,30)27-23-24-33-28(27)35(31,32)26-22-20-18-16-14-12-10-8-6-4-2/h23-24H,3-22,25-26H2,1-2H3. The van der Waals surface area contributed by atoms with Crippen molar-refractivity contribution < 1.29 is 16.8 Å². The predicted octanol–water partition coefficient (Wildman–Crippen LogP) is 9.14. The topological polar surface area (TPSA) is 68.3 Å². The first-order chi connectivity index (χ1) is 16.8. The molecule has 0 aromatic carbocycles. The summed E-state index contributed by atoms with van der Waals surface area (Å²) in [7, 11) is -7.11. The molecule has 0 atom stereocenters. The molecule has 1 aromatic rings. The van der Waals surface area contributed by atoms with E-state index in [1.807, 2.05) is 0 Å². The van der Waals surface area contributed by atoms with Crippen molar-refractivity contribution in [1.29, 1.82) is 0 Å². The van der Waals surface area contributed by atoms with Gasteiger partial charge >= 0.3 is 0 Å². The molecule has 35 heavy (non-hydrogen) atoms. The normalized spacial score (nSPS) is 12.4. The summed E-state index contributed by atoms with van der Waals surface area (Å²) in [6.45, 7) is 4.45. The van der Waals surface area contributed by atoms with Crippen molar-refractivity contribution in [3.8, 4) is 0 Å². The summed E-state index contributed by atoms with van der Waals surface area (Å²) in [5, 5.41) is 1.61. The average molecular weight is 549 g/mol. The van der Waals surface area contributed by atoms with Crippen LogP contribution in [0.3, 0.4) is 0 Å². The first-order valence-corrected chi connectivity index (χ1v) is 18.6. The van der Waals surface area contributed by atoms with Crippen LogP contribution in [0.5, 0.6) is 0 Å². The third-order valence-corrected chi connectivity index (χ3v) is 12.2. The summed E-state index contributed by atoms with van der Waals surface area (Å²) < 4.78 is 51.6. The van der Waals surface area contributed by atoms with Crippen LogP contribution < -0.4 is 0 Å². The molecule has 0 saturated heterocycles. The molecular weight excluding hydrogens is 497 g/mol. The first kappa shape index (κ1) is 32.6. The minimum Gasteiger partial charge on any atom is -0.224 e. The molecule has 1 aromatic heterocycles. The van der Waals surface area contributed by atoms with Crippen LogP contribution in [0, 0.1) is 0 Å². The minimum atomic E-state index is -3.56. The van der Waals surface area contributed by atoms with E-state index in [0.717, 1.165) is 49.9 Å². The molecule has 206 valence electrons. The molecule has 0 fully saturated rings. The second-order valence-electron chi connectivity index (χ2n) is 10.1. The quantitative estimate of drug-likeness (QED) is 0.121. The molecular formula is C28H52O4S3. The Hall–Kier alpha value is -0.400. The maximum atomic E-state index is 12.9. The summed E-state index contributed by atoms with van der Waals surface area (Å²) in [6.07, 6.45) is 22.8. The van der Waals surface area contributed by atoms with Gasteiger partial charge in [0, 0.05) is 0 Å². The van der Waals surface area contributed by atoms with Crippen molar-refractivity contribution in [3.63, 3.8) is 0 Å². The van der Waals surface area contributed by atoms with E-state index in [2.05, 4.69) is 13.8 Å². The molecule has 0 unspecified atom stereocenters. The maximum Gasteiger partial charge on any atom is 0.189 e. The second kappa shape index (κ2) is 19.7. The summed E-state index contributed by atoms with van der Waals surface area (Å²) in [5.74, 6) is 0.0891. The minimum absolute atomic E-state index is 0.0329. The summed E-state index contributed by atoms with van der Waals surface area (Å²) in [6, 6.07) is 1.49. The number of thiophene rings is 1. The van der Waals surface area contributed by atoms with Crippen LogP contribution in [0.25, 0.3) is 0 Å². The number of sulfone groups is 2. The Balaban J connectivity index is 2.32. The van der Waals surface area contributed by atoms with E-state index in [1.165, 1.54) is 83.1 Å². The Morgan fingerprint density at radius 3 is 1.26 bits per heavy atom. The third-order valence-electron chi connectivity index (χ3n) is 6.75. The third kappa shape index (κ3) is 14.8. The van der Waals surface area contributed by atoms with Gasteiger partial charge in [-0.2, -0.15) is 0 Å². The van der Waals surface area contributed by atoms with Gasteiger partial charge in [-0.1, -0.05) is 129 Å². The largest absolute Gasteiger partial charge is 0.224 e. The van der Waals surface area contributed by atoms with E-state index in [4.69, 9.17) is 0 Å². The zero-order valence-corrected chi connectivity index (χ0v) is 25.0. The Kier molecular flexibility index (Phi) is 18.3. The molecule has 1 heterocycles. The highest BCUT2D eigenvalue weighted by molar-refractivity contribution is 7.96. The number of unbranched alkanes of at least 4 members (excludes halogenated alkanes) is 18. The molecule has 1 rings (SSSR count). The highest BCUT2D eigenvalue weighted by Crippen LogP contribution is 2.30. The van der Waals surface area contributed by atoms with Crippen LogP contribution in [0.1, 0.15) is 142 Å². The lowest BCUT2D eigenvalue weighted by molar-refractivity contribution is 0.555. The van der Waals surface area contributed by atoms with E-state index < -0.39 is 19.7 Å². The molecule has 0 aliphatic carbocycles. The molecule has 4 nitrogen and oxygen atoms in total. The first-order valence-electron chi connectivity index (χ1n) is 14.4. The van der Waals surface area contributed by atoms with Gasteiger partial charge in [0.2, 0.25) is 0 Å². The van der Waals surface area contributed by atoms with E-state index in [1.54, 1.807) is 5.38 Å². The number of hydrogen-bond acceptors (Lipinski definition) is 5. The Morgan fingerprint density at radius 2 is 0.857 bits per heavy atom. The van der Waals surface area contributed by atoms with Crippen molar-refractivity contribution in [3.05, 3.63) is 11.4 Å². The summed E-state index contributed by atoms with van der Waals surface area (Å²) in [4.78, 5) is 0.0329. The molecule has 0 aliphatic heterocycles. The van der Waals surface area contributed by atoms with Gasteiger partial charge in [-0.05, 0) is 24.3 Å². The van der Waals surface area contributed by atoms with E-state index in [0.29, 0.717) is 12.8 Å². The van der Waals surface area contributed by atoms with Crippen LogP contribution in [-0.4, -0.2) is 28.3 Å². The van der Waals surface area contributed by atoms with Crippen LogP contribution in [0.2, 0.25) is 0 Å². The molecule has 0 spiro atoms. The molecule has 0 N–H and O–H groups in total. The van der Waals surface area contributed by atoms with Crippen molar-refractivity contribution in [2.45, 2.75) is 151 Å². The molecule has 7 heteroatoms. The van der Waals surface area contributed by atoms with Crippen LogP contribution in [0.4, 0.5) is 0 Å². The maximum absolute atomic E-state index is 12.9. The van der Waals surface area contributed by atoms with Gasteiger partial charge in [0.15, 0.2) is 19.7 Å². The van der Waals surface area contributed by atoms with Gasteiger partial charge in [-0.3, -0.25) is 0 Å². The van der Waals surface area contributed by atoms with Crippen molar-refractivity contribution in [2.75, 3.05) is 11.5 Å². The second-order valence-corrected chi connectivity index (χ2v) is 15.4. The fraction of sp³-hybridized carbons (Fsp3) is 0.857. The zero-order chi connectivity index (χ0) is 25.8. The van der Waals surface area contributed by atoms with Gasteiger partial charge in [0.05, 0.1) is 16.4 Å². The Labute approximate surface area is 221 Å². The predicted molar refractivity (Wildman–Crippen MR) is 152 cm³/mol. The fourth-order valence-electron chi connectivity index (χ4n) is 4.50. The molecule has 0 saturated carbocycles. The Bertz CT molecular complexity index is 773. The molecule has 0 bridgehead atoms. The monoisotopic (exact) mass is 548 g/mol. The fourth-order valence-corrected chi connectivity index (χ4v) is 9.87. The lowest BCUT2D eigenvalue weighted by Gasteiger charge is -2.08. The Morgan fingerprint density at radius 1 is 0.514 bits per heavy atom. The van der Waals surface area contributed by atoms with E-state index in [9.17, 15) is 16.8 Å². The lowest BCUT2D eigenvalue weighted by atomic mass is 10.1. The van der Waals surface area contributed by atoms with Gasteiger partial charge in [-0.25, -0.2) is 16.8 Å². The van der Waals surface area contributed by atoms with Crippen LogP contribution in [-0.2, 0) is 19.7 Å². The highest BCUT2D eigenvalue weighted by Gasteiger charge is 2.27. The van der Waals surface area contributed by atoms with Crippen molar-refractivity contribution >= 4 is 31.0 Å². The van der Waals surface area contributed by atoms with Gasteiger partial charge in [-0.15, -0.1) is 11.3 Å². The van der Waals surface area contributed by atoms with Gasteiger partial charge in [0.25, 0.3) is 0 Å². The van der Waals surface area contributed by atoms with Gasteiger partial charge < -0.3 is 0 Å². The molecule has 0 radical (unpaired) electrons. The van der Waals surface area contributed by atoms with Crippen LogP contribution in [0.15, 0.2) is 20.6 Å². The average Bonchev–Trinajstić information content (AvgIpc) is 3.34. The van der Waals surface area contributed by atoms with Crippen molar-refractivity contribution in [2.24, 2.45) is 0 Å². The lowest BCUT2D eigenvalue weighted by Crippen LogP contribution is -2.13. The van der Waals surface area contributed by atoms with Crippen molar-refractivity contribution in [1.82, 2.24) is 0 Å². The van der Waals surface area contributed by atoms with Crippen LogP contribution >= 0.6 is 11.3 Å². The highest BCUT2D eigenvalue weighted by atomic mass is 32.2. The molecule has 0 aliphatic rings. The smallest absolute Gasteiger partial charge is 0.189 e. The number of hydrogen-bond donors (Lipinski definition) is 0. The summed E-state index contributed by atoms with van der Waals surface area (Å²) in [5.41, 5.74) is 0.